The van der Waals surface area contributed by atoms with Crippen molar-refractivity contribution >= 4 is 17.2 Å². The van der Waals surface area contributed by atoms with Crippen LogP contribution in [0.4, 0.5) is 0 Å². The molecule has 1 fully saturated rings. The van der Waals surface area contributed by atoms with Gasteiger partial charge in [-0.15, -0.1) is 11.3 Å². The lowest BCUT2D eigenvalue weighted by Crippen LogP contribution is -2.30. The number of thiophene rings is 1. The number of carbonyl (C=O) groups is 1. The first-order valence-electron chi connectivity index (χ1n) is 7.52. The van der Waals surface area contributed by atoms with Gasteiger partial charge in [-0.3, -0.25) is 9.48 Å². The molecular formula is C16H16N4O2S. The summed E-state index contributed by atoms with van der Waals surface area (Å²) in [6.07, 6.45) is 5.74. The van der Waals surface area contributed by atoms with E-state index in [-0.39, 0.29) is 11.9 Å². The Kier molecular flexibility index (Phi) is 3.49. The lowest BCUT2D eigenvalue weighted by atomic mass is 10.1. The summed E-state index contributed by atoms with van der Waals surface area (Å²) in [6.45, 7) is 0.736. The second-order valence-electron chi connectivity index (χ2n) is 5.66. The molecule has 0 aliphatic carbocycles. The zero-order chi connectivity index (χ0) is 15.8. The van der Waals surface area contributed by atoms with Gasteiger partial charge in [-0.05, 0) is 24.3 Å². The predicted octanol–water partition coefficient (Wildman–Crippen LogP) is 3.11. The Bertz CT molecular complexity index is 821. The molecule has 3 aromatic heterocycles. The molecule has 1 aliphatic rings. The molecule has 118 valence electrons. The van der Waals surface area contributed by atoms with Crippen molar-refractivity contribution < 1.29 is 9.32 Å². The van der Waals surface area contributed by atoms with Gasteiger partial charge in [-0.2, -0.15) is 5.10 Å². The number of likely N-dealkylation sites (tertiary alicyclic amines) is 1. The molecule has 1 saturated heterocycles. The fraction of sp³-hybridized carbons (Fsp3) is 0.312. The Morgan fingerprint density at radius 1 is 1.48 bits per heavy atom. The molecule has 4 rings (SSSR count). The number of aryl methyl sites for hydroxylation is 1. The Morgan fingerprint density at radius 2 is 2.39 bits per heavy atom. The summed E-state index contributed by atoms with van der Waals surface area (Å²) in [4.78, 5) is 15.6. The van der Waals surface area contributed by atoms with Gasteiger partial charge in [0, 0.05) is 31.4 Å². The first-order chi connectivity index (χ1) is 11.2. The van der Waals surface area contributed by atoms with E-state index in [4.69, 9.17) is 4.52 Å². The minimum Gasteiger partial charge on any atom is -0.355 e. The number of rotatable bonds is 3. The molecule has 6 nitrogen and oxygen atoms in total. The molecule has 4 heterocycles. The predicted molar refractivity (Wildman–Crippen MR) is 86.0 cm³/mol. The van der Waals surface area contributed by atoms with Crippen LogP contribution in [0.3, 0.4) is 0 Å². The van der Waals surface area contributed by atoms with E-state index in [2.05, 4.69) is 10.3 Å². The third-order valence-corrected chi connectivity index (χ3v) is 5.00. The number of amides is 1. The molecule has 1 amide bonds. The van der Waals surface area contributed by atoms with E-state index in [1.54, 1.807) is 22.1 Å². The standard InChI is InChI=1S/C16H16N4O2S/c1-19-10-11(9-17-19)13-4-2-6-20(13)16(21)12-8-14(22-18-12)15-5-3-7-23-15/h3,5,7-10,13H,2,4,6H2,1H3. The number of carbonyl (C=O) groups excluding carboxylic acids is 1. The minimum atomic E-state index is -0.0806. The molecule has 0 bridgehead atoms. The zero-order valence-electron chi connectivity index (χ0n) is 12.7. The molecule has 1 atom stereocenters. The summed E-state index contributed by atoms with van der Waals surface area (Å²) in [5.74, 6) is 0.559. The average Bonchev–Trinajstić information content (AvgIpc) is 3.31. The van der Waals surface area contributed by atoms with Gasteiger partial charge < -0.3 is 9.42 Å². The van der Waals surface area contributed by atoms with Crippen LogP contribution in [0.1, 0.15) is 34.9 Å². The van der Waals surface area contributed by atoms with Crippen molar-refractivity contribution in [2.75, 3.05) is 6.54 Å². The highest BCUT2D eigenvalue weighted by Crippen LogP contribution is 2.33. The topological polar surface area (TPSA) is 64.2 Å². The second-order valence-corrected chi connectivity index (χ2v) is 6.61. The SMILES string of the molecule is Cn1cc(C2CCCN2C(=O)c2cc(-c3cccs3)on2)cn1. The van der Waals surface area contributed by atoms with Crippen LogP contribution in [0.2, 0.25) is 0 Å². The smallest absolute Gasteiger partial charge is 0.276 e. The van der Waals surface area contributed by atoms with Crippen LogP contribution < -0.4 is 0 Å². The van der Waals surface area contributed by atoms with Gasteiger partial charge in [0.15, 0.2) is 11.5 Å². The Morgan fingerprint density at radius 3 is 3.13 bits per heavy atom. The molecule has 0 radical (unpaired) electrons. The van der Waals surface area contributed by atoms with Crippen LogP contribution in [0.5, 0.6) is 0 Å². The van der Waals surface area contributed by atoms with E-state index in [0.29, 0.717) is 11.5 Å². The molecule has 1 unspecified atom stereocenters. The van der Waals surface area contributed by atoms with E-state index in [1.807, 2.05) is 41.9 Å². The van der Waals surface area contributed by atoms with Crippen molar-refractivity contribution in [3.05, 3.63) is 47.2 Å². The monoisotopic (exact) mass is 328 g/mol. The summed E-state index contributed by atoms with van der Waals surface area (Å²) in [5.41, 5.74) is 1.43. The Balaban J connectivity index is 1.58. The minimum absolute atomic E-state index is 0.0677. The summed E-state index contributed by atoms with van der Waals surface area (Å²) < 4.78 is 7.10. The van der Waals surface area contributed by atoms with E-state index < -0.39 is 0 Å². The molecule has 0 aromatic carbocycles. The summed E-state index contributed by atoms with van der Waals surface area (Å²) in [7, 11) is 1.88. The van der Waals surface area contributed by atoms with Gasteiger partial charge in [0.1, 0.15) is 0 Å². The van der Waals surface area contributed by atoms with Gasteiger partial charge in [-0.25, -0.2) is 0 Å². The van der Waals surface area contributed by atoms with Crippen LogP contribution in [-0.2, 0) is 7.05 Å². The second kappa shape index (κ2) is 5.66. The Labute approximate surface area is 137 Å². The fourth-order valence-electron chi connectivity index (χ4n) is 3.03. The third kappa shape index (κ3) is 2.57. The van der Waals surface area contributed by atoms with Gasteiger partial charge in [0.05, 0.1) is 17.1 Å². The quantitative estimate of drug-likeness (QED) is 0.741. The maximum Gasteiger partial charge on any atom is 0.276 e. The molecule has 3 aromatic rings. The van der Waals surface area contributed by atoms with Gasteiger partial charge in [0.2, 0.25) is 0 Å². The highest BCUT2D eigenvalue weighted by molar-refractivity contribution is 7.13. The molecule has 1 aliphatic heterocycles. The van der Waals surface area contributed by atoms with Crippen molar-refractivity contribution in [1.82, 2.24) is 19.8 Å². The fourth-order valence-corrected chi connectivity index (χ4v) is 3.70. The van der Waals surface area contributed by atoms with Crippen LogP contribution in [0.25, 0.3) is 10.6 Å². The lowest BCUT2D eigenvalue weighted by Gasteiger charge is -2.22. The third-order valence-electron chi connectivity index (χ3n) is 4.12. The van der Waals surface area contributed by atoms with E-state index >= 15 is 0 Å². The number of aromatic nitrogens is 3. The first-order valence-corrected chi connectivity index (χ1v) is 8.40. The van der Waals surface area contributed by atoms with Gasteiger partial charge >= 0.3 is 0 Å². The molecule has 23 heavy (non-hydrogen) atoms. The van der Waals surface area contributed by atoms with Crippen molar-refractivity contribution in [2.45, 2.75) is 18.9 Å². The van der Waals surface area contributed by atoms with Crippen molar-refractivity contribution in [1.29, 1.82) is 0 Å². The maximum absolute atomic E-state index is 12.8. The van der Waals surface area contributed by atoms with Crippen LogP contribution in [0, 0.1) is 0 Å². The number of nitrogens with zero attached hydrogens (tertiary/aromatic N) is 4. The van der Waals surface area contributed by atoms with E-state index in [0.717, 1.165) is 29.8 Å². The summed E-state index contributed by atoms with van der Waals surface area (Å²) >= 11 is 1.56. The van der Waals surface area contributed by atoms with Crippen molar-refractivity contribution in [3.63, 3.8) is 0 Å². The van der Waals surface area contributed by atoms with Gasteiger partial charge in [0.25, 0.3) is 5.91 Å². The maximum atomic E-state index is 12.8. The zero-order valence-corrected chi connectivity index (χ0v) is 13.5. The Hall–Kier alpha value is -2.41. The summed E-state index contributed by atoms with van der Waals surface area (Å²) in [6, 6.07) is 5.70. The van der Waals surface area contributed by atoms with E-state index in [1.165, 1.54) is 0 Å². The average molecular weight is 328 g/mol. The van der Waals surface area contributed by atoms with Crippen molar-refractivity contribution in [3.8, 4) is 10.6 Å². The first kappa shape index (κ1) is 14.2. The lowest BCUT2D eigenvalue weighted by molar-refractivity contribution is 0.0725. The highest BCUT2D eigenvalue weighted by Gasteiger charge is 2.32. The summed E-state index contributed by atoms with van der Waals surface area (Å²) in [5, 5.41) is 10.2. The van der Waals surface area contributed by atoms with Crippen LogP contribution in [0.15, 0.2) is 40.5 Å². The molecular weight excluding hydrogens is 312 g/mol. The molecule has 0 saturated carbocycles. The largest absolute Gasteiger partial charge is 0.355 e. The number of hydrogen-bond acceptors (Lipinski definition) is 5. The molecule has 7 heteroatoms. The normalized spacial score (nSPS) is 17.8. The van der Waals surface area contributed by atoms with Crippen LogP contribution in [-0.4, -0.2) is 32.3 Å². The molecule has 0 spiro atoms. The van der Waals surface area contributed by atoms with Crippen LogP contribution >= 0.6 is 11.3 Å². The highest BCUT2D eigenvalue weighted by atomic mass is 32.1. The molecule has 0 N–H and O–H groups in total. The van der Waals surface area contributed by atoms with Crippen molar-refractivity contribution in [2.24, 2.45) is 7.05 Å². The van der Waals surface area contributed by atoms with E-state index in [9.17, 15) is 4.79 Å². The number of hydrogen-bond donors (Lipinski definition) is 0. The van der Waals surface area contributed by atoms with Gasteiger partial charge in [-0.1, -0.05) is 11.2 Å².